The van der Waals surface area contributed by atoms with Crippen LogP contribution in [0, 0.1) is 6.92 Å². The zero-order valence-electron chi connectivity index (χ0n) is 14.8. The molecule has 0 aliphatic carbocycles. The Kier molecular flexibility index (Phi) is 4.39. The van der Waals surface area contributed by atoms with Gasteiger partial charge in [-0.25, -0.2) is 0 Å². The molecule has 0 aliphatic rings. The smallest absolute Gasteiger partial charge is 0.270 e. The number of hydrogen-bond donors (Lipinski definition) is 0. The molecule has 1 amide bonds. The summed E-state index contributed by atoms with van der Waals surface area (Å²) in [6, 6.07) is 16.2. The van der Waals surface area contributed by atoms with Gasteiger partial charge in [0.2, 0.25) is 0 Å². The van der Waals surface area contributed by atoms with Crippen molar-refractivity contribution in [3.63, 3.8) is 0 Å². The number of thiophene rings is 1. The molecule has 0 N–H and O–H groups in total. The lowest BCUT2D eigenvalue weighted by Crippen LogP contribution is -2.28. The summed E-state index contributed by atoms with van der Waals surface area (Å²) in [6.07, 6.45) is 1.67. The number of benzene rings is 1. The lowest BCUT2D eigenvalue weighted by molar-refractivity contribution is 0.0776. The van der Waals surface area contributed by atoms with E-state index in [0.717, 1.165) is 16.7 Å². The van der Waals surface area contributed by atoms with E-state index < -0.39 is 0 Å². The Labute approximate surface area is 156 Å². The van der Waals surface area contributed by atoms with Crippen LogP contribution in [-0.4, -0.2) is 22.4 Å². The van der Waals surface area contributed by atoms with Crippen molar-refractivity contribution in [1.82, 2.24) is 9.47 Å². The molecule has 0 atom stereocenters. The third kappa shape index (κ3) is 3.18. The van der Waals surface area contributed by atoms with Gasteiger partial charge in [0, 0.05) is 30.6 Å². The van der Waals surface area contributed by atoms with E-state index in [1.807, 2.05) is 41.3 Å². The van der Waals surface area contributed by atoms with Gasteiger partial charge >= 0.3 is 0 Å². The Morgan fingerprint density at radius 1 is 1.19 bits per heavy atom. The molecule has 3 heterocycles. The van der Waals surface area contributed by atoms with Crippen molar-refractivity contribution in [2.24, 2.45) is 0 Å². The predicted octanol–water partition coefficient (Wildman–Crippen LogP) is 4.92. The second-order valence-corrected chi connectivity index (χ2v) is 7.54. The van der Waals surface area contributed by atoms with Crippen molar-refractivity contribution in [3.05, 3.63) is 81.9 Å². The molecule has 0 saturated carbocycles. The van der Waals surface area contributed by atoms with Gasteiger partial charge in [0.15, 0.2) is 5.58 Å². The lowest BCUT2D eigenvalue weighted by Gasteiger charge is -2.18. The first-order valence-electron chi connectivity index (χ1n) is 8.52. The van der Waals surface area contributed by atoms with Gasteiger partial charge in [-0.15, -0.1) is 11.3 Å². The predicted molar refractivity (Wildman–Crippen MR) is 105 cm³/mol. The molecule has 1 aromatic carbocycles. The van der Waals surface area contributed by atoms with Crippen LogP contribution in [0.4, 0.5) is 0 Å². The van der Waals surface area contributed by atoms with Crippen LogP contribution in [0.2, 0.25) is 0 Å². The van der Waals surface area contributed by atoms with Crippen molar-refractivity contribution in [2.75, 3.05) is 7.05 Å². The van der Waals surface area contributed by atoms with E-state index in [-0.39, 0.29) is 5.91 Å². The number of nitrogens with zero attached hydrogens (tertiary/aromatic N) is 2. The van der Waals surface area contributed by atoms with Crippen molar-refractivity contribution in [1.29, 1.82) is 0 Å². The van der Waals surface area contributed by atoms with Gasteiger partial charge in [-0.05, 0) is 23.9 Å². The summed E-state index contributed by atoms with van der Waals surface area (Å²) in [7, 11) is 1.84. The molecule has 0 fully saturated rings. The fourth-order valence-electron chi connectivity index (χ4n) is 3.10. The Balaban J connectivity index is 1.66. The first-order chi connectivity index (χ1) is 12.6. The maximum atomic E-state index is 13.1. The number of carbonyl (C=O) groups is 1. The number of fused-ring (bicyclic) bond motifs is 1. The van der Waals surface area contributed by atoms with Gasteiger partial charge in [0.25, 0.3) is 5.91 Å². The van der Waals surface area contributed by atoms with E-state index >= 15 is 0 Å². The quantitative estimate of drug-likeness (QED) is 0.504. The Morgan fingerprint density at radius 2 is 2.00 bits per heavy atom. The molecular weight excluding hydrogens is 344 g/mol. The van der Waals surface area contributed by atoms with E-state index in [2.05, 4.69) is 31.2 Å². The Morgan fingerprint density at radius 3 is 2.73 bits per heavy atom. The number of aryl methyl sites for hydroxylation is 1. The average molecular weight is 364 g/mol. The highest BCUT2D eigenvalue weighted by Gasteiger charge is 2.21. The van der Waals surface area contributed by atoms with Crippen LogP contribution < -0.4 is 0 Å². The molecule has 3 aromatic heterocycles. The van der Waals surface area contributed by atoms with E-state index in [4.69, 9.17) is 4.42 Å². The average Bonchev–Trinajstić information content (AvgIpc) is 3.35. The molecule has 0 unspecified atom stereocenters. The zero-order chi connectivity index (χ0) is 18.1. The summed E-state index contributed by atoms with van der Waals surface area (Å²) in [6.45, 7) is 3.31. The third-order valence-corrected chi connectivity index (χ3v) is 5.38. The molecule has 4 nitrogen and oxygen atoms in total. The molecule has 26 heavy (non-hydrogen) atoms. The van der Waals surface area contributed by atoms with Crippen LogP contribution in [0.5, 0.6) is 0 Å². The summed E-state index contributed by atoms with van der Waals surface area (Å²) in [4.78, 5) is 16.0. The number of amides is 1. The van der Waals surface area contributed by atoms with Crippen LogP contribution in [0.15, 0.2) is 64.6 Å². The minimum absolute atomic E-state index is 0.00286. The number of aromatic nitrogens is 1. The fourth-order valence-corrected chi connectivity index (χ4v) is 3.86. The molecule has 5 heteroatoms. The van der Waals surface area contributed by atoms with E-state index in [0.29, 0.717) is 18.8 Å². The van der Waals surface area contributed by atoms with Crippen molar-refractivity contribution in [2.45, 2.75) is 20.0 Å². The molecule has 0 saturated heterocycles. The normalized spacial score (nSPS) is 11.2. The van der Waals surface area contributed by atoms with E-state index in [9.17, 15) is 4.79 Å². The SMILES string of the molecule is Cc1ccc(Cn2c(C(=O)N(C)Cc3cccs3)cc3occc32)cc1. The van der Waals surface area contributed by atoms with E-state index in [1.54, 1.807) is 22.5 Å². The number of carbonyl (C=O) groups excluding carboxylic acids is 1. The Hall–Kier alpha value is -2.79. The van der Waals surface area contributed by atoms with Crippen LogP contribution >= 0.6 is 11.3 Å². The van der Waals surface area contributed by atoms with Gasteiger partial charge in [-0.3, -0.25) is 4.79 Å². The minimum Gasteiger partial charge on any atom is -0.463 e. The molecule has 132 valence electrons. The highest BCUT2D eigenvalue weighted by Crippen LogP contribution is 2.24. The van der Waals surface area contributed by atoms with E-state index in [1.165, 1.54) is 10.4 Å². The molecule has 0 bridgehead atoms. The highest BCUT2D eigenvalue weighted by molar-refractivity contribution is 7.09. The van der Waals surface area contributed by atoms with Crippen LogP contribution in [-0.2, 0) is 13.1 Å². The summed E-state index contributed by atoms with van der Waals surface area (Å²) >= 11 is 1.66. The molecular formula is C21H20N2O2S. The molecule has 4 aromatic rings. The largest absolute Gasteiger partial charge is 0.463 e. The summed E-state index contributed by atoms with van der Waals surface area (Å²) < 4.78 is 7.58. The third-order valence-electron chi connectivity index (χ3n) is 4.52. The lowest BCUT2D eigenvalue weighted by atomic mass is 10.1. The minimum atomic E-state index is -0.00286. The second-order valence-electron chi connectivity index (χ2n) is 6.51. The molecule has 0 radical (unpaired) electrons. The highest BCUT2D eigenvalue weighted by atomic mass is 32.1. The summed E-state index contributed by atoms with van der Waals surface area (Å²) in [5.41, 5.74) is 4.72. The molecule has 0 aliphatic heterocycles. The zero-order valence-corrected chi connectivity index (χ0v) is 15.6. The maximum absolute atomic E-state index is 13.1. The van der Waals surface area contributed by atoms with Crippen LogP contribution in [0.3, 0.4) is 0 Å². The van der Waals surface area contributed by atoms with Crippen molar-refractivity contribution < 1.29 is 9.21 Å². The van der Waals surface area contributed by atoms with Crippen LogP contribution in [0.1, 0.15) is 26.5 Å². The van der Waals surface area contributed by atoms with Gasteiger partial charge in [0.05, 0.1) is 18.3 Å². The molecule has 0 spiro atoms. The summed E-state index contributed by atoms with van der Waals surface area (Å²) in [5.74, 6) is -0.00286. The standard InChI is InChI=1S/C21H20N2O2S/c1-15-5-7-16(8-6-15)13-23-18-9-10-25-20(18)12-19(23)21(24)22(2)14-17-4-3-11-26-17/h3-12H,13-14H2,1-2H3. The number of furan rings is 1. The van der Waals surface area contributed by atoms with Gasteiger partial charge < -0.3 is 13.9 Å². The van der Waals surface area contributed by atoms with Gasteiger partial charge in [-0.2, -0.15) is 0 Å². The summed E-state index contributed by atoms with van der Waals surface area (Å²) in [5, 5.41) is 2.03. The first kappa shape index (κ1) is 16.7. The number of rotatable bonds is 5. The fraction of sp³-hybridized carbons (Fsp3) is 0.190. The molecule has 4 rings (SSSR count). The van der Waals surface area contributed by atoms with Crippen molar-refractivity contribution in [3.8, 4) is 0 Å². The maximum Gasteiger partial charge on any atom is 0.270 e. The number of hydrogen-bond acceptors (Lipinski definition) is 3. The first-order valence-corrected chi connectivity index (χ1v) is 9.40. The topological polar surface area (TPSA) is 38.4 Å². The van der Waals surface area contributed by atoms with Crippen molar-refractivity contribution >= 4 is 28.3 Å². The van der Waals surface area contributed by atoms with Gasteiger partial charge in [-0.1, -0.05) is 35.9 Å². The monoisotopic (exact) mass is 364 g/mol. The Bertz CT molecular complexity index is 1030. The van der Waals surface area contributed by atoms with Gasteiger partial charge in [0.1, 0.15) is 5.69 Å². The van der Waals surface area contributed by atoms with Crippen LogP contribution in [0.25, 0.3) is 11.1 Å². The second kappa shape index (κ2) is 6.84.